The molecule has 0 aliphatic carbocycles. The van der Waals surface area contributed by atoms with Gasteiger partial charge in [0.25, 0.3) is 0 Å². The van der Waals surface area contributed by atoms with Crippen LogP contribution in [0.2, 0.25) is 0 Å². The molecule has 0 bridgehead atoms. The maximum Gasteiger partial charge on any atom is 0.329 e. The quantitative estimate of drug-likeness (QED) is 0.364. The monoisotopic (exact) mass is 487 g/mol. The number of hydrogen-bond acceptors (Lipinski definition) is 6. The summed E-state index contributed by atoms with van der Waals surface area (Å²) in [6, 6.07) is 13.3. The number of amides is 1. The van der Waals surface area contributed by atoms with Crippen LogP contribution in [0, 0.1) is 12.7 Å². The fourth-order valence-corrected chi connectivity index (χ4v) is 3.94. The molecule has 5 rings (SSSR count). The van der Waals surface area contributed by atoms with Gasteiger partial charge in [0.1, 0.15) is 25.3 Å². The van der Waals surface area contributed by atoms with E-state index in [-0.39, 0.29) is 13.2 Å². The molecule has 2 aromatic carbocycles. The first-order valence-corrected chi connectivity index (χ1v) is 11.1. The molecule has 0 saturated carbocycles. The van der Waals surface area contributed by atoms with Gasteiger partial charge in [0.05, 0.1) is 11.0 Å². The highest BCUT2D eigenvalue weighted by Crippen LogP contribution is 2.30. The summed E-state index contributed by atoms with van der Waals surface area (Å²) < 4.78 is 22.9. The molecule has 0 radical (unpaired) electrons. The molecule has 36 heavy (non-hydrogen) atoms. The SMILES string of the molecule is Cc1ccc(NC(=O)Cn2c(=O)n(C)c3c(-c4ccc(OCc5ncn[nH]5)nc4)cc(F)cc32)cc1. The summed E-state index contributed by atoms with van der Waals surface area (Å²) in [6.45, 7) is 1.85. The van der Waals surface area contributed by atoms with Crippen LogP contribution in [0.25, 0.3) is 22.2 Å². The number of nitrogens with zero attached hydrogens (tertiary/aromatic N) is 5. The second kappa shape index (κ2) is 9.45. The zero-order chi connectivity index (χ0) is 25.2. The highest BCUT2D eigenvalue weighted by Gasteiger charge is 2.19. The lowest BCUT2D eigenvalue weighted by Gasteiger charge is -2.09. The number of ether oxygens (including phenoxy) is 1. The van der Waals surface area contributed by atoms with Crippen molar-refractivity contribution in [3.63, 3.8) is 0 Å². The Labute approximate surface area is 204 Å². The Morgan fingerprint density at radius 3 is 2.64 bits per heavy atom. The number of carbonyl (C=O) groups excluding carboxylic acids is 1. The Morgan fingerprint density at radius 2 is 1.94 bits per heavy atom. The number of pyridine rings is 1. The van der Waals surface area contributed by atoms with E-state index in [1.807, 2.05) is 19.1 Å². The van der Waals surface area contributed by atoms with Gasteiger partial charge in [-0.3, -0.25) is 19.0 Å². The number of nitrogens with one attached hydrogen (secondary N) is 2. The molecule has 3 aromatic heterocycles. The number of aromatic nitrogens is 6. The normalized spacial score (nSPS) is 11.1. The second-order valence-corrected chi connectivity index (χ2v) is 8.27. The van der Waals surface area contributed by atoms with Crippen molar-refractivity contribution < 1.29 is 13.9 Å². The van der Waals surface area contributed by atoms with Crippen molar-refractivity contribution in [2.24, 2.45) is 7.05 Å². The van der Waals surface area contributed by atoms with Crippen LogP contribution in [0.15, 0.2) is 65.8 Å². The largest absolute Gasteiger partial charge is 0.469 e. The molecule has 3 heterocycles. The van der Waals surface area contributed by atoms with Crippen LogP contribution < -0.4 is 15.7 Å². The molecule has 11 heteroatoms. The summed E-state index contributed by atoms with van der Waals surface area (Å²) in [4.78, 5) is 34.0. The van der Waals surface area contributed by atoms with Crippen molar-refractivity contribution in [1.82, 2.24) is 29.3 Å². The van der Waals surface area contributed by atoms with Crippen molar-refractivity contribution >= 4 is 22.6 Å². The third-order valence-corrected chi connectivity index (χ3v) is 5.70. The number of anilines is 1. The summed E-state index contributed by atoms with van der Waals surface area (Å²) >= 11 is 0. The second-order valence-electron chi connectivity index (χ2n) is 8.27. The maximum absolute atomic E-state index is 14.7. The summed E-state index contributed by atoms with van der Waals surface area (Å²) in [5, 5.41) is 9.22. The lowest BCUT2D eigenvalue weighted by atomic mass is 10.1. The fraction of sp³-hybridized carbons (Fsp3) is 0.160. The van der Waals surface area contributed by atoms with Gasteiger partial charge < -0.3 is 10.1 Å². The molecular formula is C25H22FN7O3. The van der Waals surface area contributed by atoms with Gasteiger partial charge in [0.15, 0.2) is 5.82 Å². The number of fused-ring (bicyclic) bond motifs is 1. The third kappa shape index (κ3) is 4.58. The number of carbonyl (C=O) groups is 1. The van der Waals surface area contributed by atoms with E-state index in [0.29, 0.717) is 39.6 Å². The van der Waals surface area contributed by atoms with E-state index in [0.717, 1.165) is 5.56 Å². The molecule has 0 aliphatic rings. The zero-order valence-electron chi connectivity index (χ0n) is 19.5. The first-order chi connectivity index (χ1) is 17.4. The zero-order valence-corrected chi connectivity index (χ0v) is 19.5. The molecule has 0 spiro atoms. The number of H-pyrrole nitrogens is 1. The summed E-state index contributed by atoms with van der Waals surface area (Å²) in [6.07, 6.45) is 2.92. The molecule has 10 nitrogen and oxygen atoms in total. The Bertz CT molecular complexity index is 1590. The molecular weight excluding hydrogens is 465 g/mol. The van der Waals surface area contributed by atoms with Gasteiger partial charge in [-0.15, -0.1) is 0 Å². The summed E-state index contributed by atoms with van der Waals surface area (Å²) in [7, 11) is 1.59. The van der Waals surface area contributed by atoms with Crippen LogP contribution in [-0.4, -0.2) is 35.2 Å². The highest BCUT2D eigenvalue weighted by molar-refractivity contribution is 5.95. The van der Waals surface area contributed by atoms with Crippen LogP contribution in [0.1, 0.15) is 11.4 Å². The fourth-order valence-electron chi connectivity index (χ4n) is 3.94. The molecule has 5 aromatic rings. The predicted molar refractivity (Wildman–Crippen MR) is 131 cm³/mol. The smallest absolute Gasteiger partial charge is 0.329 e. The van der Waals surface area contributed by atoms with Crippen molar-refractivity contribution in [1.29, 1.82) is 0 Å². The maximum atomic E-state index is 14.7. The molecule has 0 fully saturated rings. The van der Waals surface area contributed by atoms with E-state index in [2.05, 4.69) is 25.5 Å². The van der Waals surface area contributed by atoms with Gasteiger partial charge >= 0.3 is 5.69 Å². The number of halogens is 1. The van der Waals surface area contributed by atoms with Crippen LogP contribution in [0.3, 0.4) is 0 Å². The molecule has 0 saturated heterocycles. The molecule has 1 amide bonds. The number of imidazole rings is 1. The minimum absolute atomic E-state index is 0.165. The van der Waals surface area contributed by atoms with Crippen LogP contribution in [0.5, 0.6) is 5.88 Å². The minimum atomic E-state index is -0.540. The standard InChI is InChI=1S/C25H22FN7O3/c1-15-3-6-18(7-4-15)30-22(34)12-33-20-10-17(26)9-19(24(20)32(2)25(33)35)16-5-8-23(27-11-16)36-13-21-28-14-29-31-21/h3-11,14H,12-13H2,1-2H3,(H,30,34)(H,28,29,31). The third-order valence-electron chi connectivity index (χ3n) is 5.70. The number of aryl methyl sites for hydroxylation is 2. The van der Waals surface area contributed by atoms with Crippen molar-refractivity contribution in [2.45, 2.75) is 20.1 Å². The molecule has 0 aliphatic heterocycles. The lowest BCUT2D eigenvalue weighted by Crippen LogP contribution is -2.28. The number of aromatic amines is 1. The van der Waals surface area contributed by atoms with Crippen molar-refractivity contribution in [2.75, 3.05) is 5.32 Å². The number of rotatable bonds is 7. The van der Waals surface area contributed by atoms with Gasteiger partial charge in [-0.1, -0.05) is 17.7 Å². The topological polar surface area (TPSA) is 120 Å². The average molecular weight is 487 g/mol. The van der Waals surface area contributed by atoms with E-state index in [1.54, 1.807) is 31.3 Å². The minimum Gasteiger partial charge on any atom is -0.469 e. The number of hydrogen-bond donors (Lipinski definition) is 2. The Morgan fingerprint density at radius 1 is 1.14 bits per heavy atom. The molecule has 2 N–H and O–H groups in total. The summed E-state index contributed by atoms with van der Waals surface area (Å²) in [5.74, 6) is -0.0341. The van der Waals surface area contributed by atoms with E-state index >= 15 is 0 Å². The Kier molecular flexibility index (Phi) is 6.03. The Balaban J connectivity index is 1.44. The van der Waals surface area contributed by atoms with E-state index < -0.39 is 17.4 Å². The average Bonchev–Trinajstić information content (AvgIpc) is 3.47. The van der Waals surface area contributed by atoms with Gasteiger partial charge in [-0.2, -0.15) is 5.10 Å². The van der Waals surface area contributed by atoms with Crippen LogP contribution in [-0.2, 0) is 25.0 Å². The first kappa shape index (κ1) is 23.0. The van der Waals surface area contributed by atoms with Crippen molar-refractivity contribution in [3.8, 4) is 17.0 Å². The molecule has 0 atom stereocenters. The lowest BCUT2D eigenvalue weighted by molar-refractivity contribution is -0.116. The van der Waals surface area contributed by atoms with Gasteiger partial charge in [-0.05, 0) is 37.3 Å². The van der Waals surface area contributed by atoms with Gasteiger partial charge in [-0.25, -0.2) is 19.2 Å². The van der Waals surface area contributed by atoms with Crippen LogP contribution >= 0.6 is 0 Å². The predicted octanol–water partition coefficient (Wildman–Crippen LogP) is 3.19. The van der Waals surface area contributed by atoms with Crippen LogP contribution in [0.4, 0.5) is 10.1 Å². The summed E-state index contributed by atoms with van der Waals surface area (Å²) in [5.41, 5.74) is 3.09. The highest BCUT2D eigenvalue weighted by atomic mass is 19.1. The van der Waals surface area contributed by atoms with Gasteiger partial charge in [0, 0.05) is 36.1 Å². The Hall–Kier alpha value is -4.80. The van der Waals surface area contributed by atoms with Gasteiger partial charge in [0.2, 0.25) is 11.8 Å². The van der Waals surface area contributed by atoms with E-state index in [9.17, 15) is 14.0 Å². The van der Waals surface area contributed by atoms with E-state index in [1.165, 1.54) is 33.8 Å². The first-order valence-electron chi connectivity index (χ1n) is 11.1. The molecule has 182 valence electrons. The number of benzene rings is 2. The molecule has 0 unspecified atom stereocenters. The van der Waals surface area contributed by atoms with E-state index in [4.69, 9.17) is 4.74 Å². The van der Waals surface area contributed by atoms with Crippen molar-refractivity contribution in [3.05, 3.63) is 88.7 Å².